The Morgan fingerprint density at radius 2 is 2.10 bits per heavy atom. The zero-order valence-electron chi connectivity index (χ0n) is 17.1. The van der Waals surface area contributed by atoms with Crippen LogP contribution in [0.2, 0.25) is 5.02 Å². The quantitative estimate of drug-likeness (QED) is 0.686. The normalized spacial score (nSPS) is 17.9. The van der Waals surface area contributed by atoms with Crippen molar-refractivity contribution in [1.29, 1.82) is 0 Å². The number of rotatable bonds is 5. The van der Waals surface area contributed by atoms with Gasteiger partial charge in [0.2, 0.25) is 0 Å². The van der Waals surface area contributed by atoms with Crippen LogP contribution in [0.5, 0.6) is 0 Å². The summed E-state index contributed by atoms with van der Waals surface area (Å²) in [5.41, 5.74) is 2.65. The number of carbonyl (C=O) groups excluding carboxylic acids is 1. The van der Waals surface area contributed by atoms with E-state index >= 15 is 0 Å². The molecule has 2 N–H and O–H groups in total. The summed E-state index contributed by atoms with van der Waals surface area (Å²) in [6, 6.07) is 3.96. The molecule has 7 heteroatoms. The highest BCUT2D eigenvalue weighted by atomic mass is 35.5. The molecule has 0 unspecified atom stereocenters. The van der Waals surface area contributed by atoms with Gasteiger partial charge in [-0.1, -0.05) is 37.4 Å². The lowest BCUT2D eigenvalue weighted by Crippen LogP contribution is -2.48. The summed E-state index contributed by atoms with van der Waals surface area (Å²) < 4.78 is 11.4. The molecule has 0 atom stereocenters. The van der Waals surface area contributed by atoms with Crippen LogP contribution in [0.4, 0.5) is 5.69 Å². The first-order valence-electron chi connectivity index (χ1n) is 10.3. The molecule has 2 aromatic rings. The Labute approximate surface area is 176 Å². The monoisotopic (exact) mass is 417 g/mol. The zero-order valence-corrected chi connectivity index (χ0v) is 17.8. The fraction of sp³-hybridized carbons (Fsp3) is 0.500. The van der Waals surface area contributed by atoms with E-state index in [1.54, 1.807) is 0 Å². The van der Waals surface area contributed by atoms with Crippen molar-refractivity contribution in [2.75, 3.05) is 25.5 Å². The Morgan fingerprint density at radius 3 is 2.83 bits per heavy atom. The number of furan rings is 1. The van der Waals surface area contributed by atoms with Gasteiger partial charge in [0.1, 0.15) is 11.3 Å². The second-order valence-corrected chi connectivity index (χ2v) is 8.50. The molecular formula is C22H28ClN3O3. The number of nitrogens with one attached hydrogen (secondary N) is 2. The molecule has 2 heterocycles. The number of fused-ring (bicyclic) bond motifs is 4. The lowest BCUT2D eigenvalue weighted by Gasteiger charge is -2.44. The third-order valence-electron chi connectivity index (χ3n) is 5.79. The number of halogens is 1. The number of esters is 1. The first kappa shape index (κ1) is 20.1. The van der Waals surface area contributed by atoms with Crippen molar-refractivity contribution >= 4 is 34.2 Å². The Morgan fingerprint density at radius 1 is 1.34 bits per heavy atom. The average Bonchev–Trinajstić information content (AvgIpc) is 3.03. The second kappa shape index (κ2) is 7.92. The first-order valence-corrected chi connectivity index (χ1v) is 10.6. The van der Waals surface area contributed by atoms with Crippen molar-refractivity contribution in [3.8, 4) is 0 Å². The summed E-state index contributed by atoms with van der Waals surface area (Å²) in [6.45, 7) is 7.03. The number of anilines is 1. The molecule has 1 spiro atoms. The second-order valence-electron chi connectivity index (χ2n) is 8.09. The molecule has 0 radical (unpaired) electrons. The van der Waals surface area contributed by atoms with Gasteiger partial charge >= 0.3 is 5.97 Å². The molecule has 29 heavy (non-hydrogen) atoms. The lowest BCUT2D eigenvalue weighted by atomic mass is 9.74. The van der Waals surface area contributed by atoms with E-state index < -0.39 is 0 Å². The van der Waals surface area contributed by atoms with Crippen LogP contribution in [-0.4, -0.2) is 31.1 Å². The van der Waals surface area contributed by atoms with Gasteiger partial charge in [0.25, 0.3) is 0 Å². The van der Waals surface area contributed by atoms with Gasteiger partial charge in [0, 0.05) is 10.9 Å². The number of carbonyl (C=O) groups is 1. The molecule has 1 aliphatic carbocycles. The molecule has 6 nitrogen and oxygen atoms in total. The Bertz CT molecular complexity index is 946. The predicted molar refractivity (Wildman–Crippen MR) is 115 cm³/mol. The number of hydrogen-bond donors (Lipinski definition) is 2. The maximum absolute atomic E-state index is 11.7. The Kier molecular flexibility index (Phi) is 5.49. The molecule has 1 fully saturated rings. The Hall–Kier alpha value is -2.18. The zero-order chi connectivity index (χ0) is 20.6. The highest BCUT2D eigenvalue weighted by Gasteiger charge is 2.42. The fourth-order valence-electron chi connectivity index (χ4n) is 4.67. The van der Waals surface area contributed by atoms with Gasteiger partial charge in [-0.05, 0) is 38.9 Å². The third kappa shape index (κ3) is 3.83. The van der Waals surface area contributed by atoms with Crippen molar-refractivity contribution in [1.82, 2.24) is 10.2 Å². The van der Waals surface area contributed by atoms with E-state index in [9.17, 15) is 4.79 Å². The average molecular weight is 418 g/mol. The molecule has 4 rings (SSSR count). The van der Waals surface area contributed by atoms with Crippen LogP contribution in [0.15, 0.2) is 28.9 Å². The van der Waals surface area contributed by atoms with Gasteiger partial charge < -0.3 is 19.8 Å². The summed E-state index contributed by atoms with van der Waals surface area (Å²) in [5, 5.41) is 8.57. The third-order valence-corrected chi connectivity index (χ3v) is 6.09. The maximum Gasteiger partial charge on any atom is 0.320 e. The minimum atomic E-state index is -0.236. The summed E-state index contributed by atoms with van der Waals surface area (Å²) in [4.78, 5) is 13.6. The molecule has 156 valence electrons. The van der Waals surface area contributed by atoms with Gasteiger partial charge in [-0.2, -0.15) is 0 Å². The standard InChI is InChI=1S/C22H28ClN3O3/c1-4-28-18(27)13-26(3)12-16-10-15-11-17(23)20-19(21(15)29-16)22(25-14(2)24-20)8-6-5-7-9-22/h10-11,24-25H,2,4-9,12-13H2,1,3H3. The minimum Gasteiger partial charge on any atom is -0.465 e. The molecule has 0 amide bonds. The van der Waals surface area contributed by atoms with E-state index in [0.29, 0.717) is 18.2 Å². The Balaban J connectivity index is 1.71. The lowest BCUT2D eigenvalue weighted by molar-refractivity contribution is -0.144. The van der Waals surface area contributed by atoms with Gasteiger partial charge in [-0.25, -0.2) is 0 Å². The van der Waals surface area contributed by atoms with E-state index in [4.69, 9.17) is 20.8 Å². The summed E-state index contributed by atoms with van der Waals surface area (Å²) in [6.07, 6.45) is 5.60. The predicted octanol–water partition coefficient (Wildman–Crippen LogP) is 4.73. The first-order chi connectivity index (χ1) is 13.9. The molecule has 1 aromatic heterocycles. The molecule has 0 bridgehead atoms. The van der Waals surface area contributed by atoms with Crippen LogP contribution in [0.3, 0.4) is 0 Å². The number of nitrogens with zero attached hydrogens (tertiary/aromatic N) is 1. The summed E-state index contributed by atoms with van der Waals surface area (Å²) in [5.74, 6) is 1.34. The molecule has 1 saturated carbocycles. The van der Waals surface area contributed by atoms with E-state index in [2.05, 4.69) is 17.2 Å². The van der Waals surface area contributed by atoms with Crippen molar-refractivity contribution in [3.05, 3.63) is 40.9 Å². The topological polar surface area (TPSA) is 66.7 Å². The van der Waals surface area contributed by atoms with Crippen LogP contribution in [0, 0.1) is 0 Å². The maximum atomic E-state index is 11.7. The minimum absolute atomic E-state index is 0.203. The van der Waals surface area contributed by atoms with Crippen molar-refractivity contribution in [3.63, 3.8) is 0 Å². The van der Waals surface area contributed by atoms with E-state index in [-0.39, 0.29) is 18.1 Å². The molecule has 2 aliphatic rings. The number of ether oxygens (including phenoxy) is 1. The van der Waals surface area contributed by atoms with E-state index in [1.807, 2.05) is 31.0 Å². The van der Waals surface area contributed by atoms with Gasteiger partial charge in [-0.3, -0.25) is 9.69 Å². The van der Waals surface area contributed by atoms with Crippen LogP contribution >= 0.6 is 11.6 Å². The molecule has 1 aromatic carbocycles. The molecular weight excluding hydrogens is 390 g/mol. The molecule has 1 aliphatic heterocycles. The van der Waals surface area contributed by atoms with E-state index in [0.717, 1.165) is 59.5 Å². The van der Waals surface area contributed by atoms with Gasteiger partial charge in [0.15, 0.2) is 0 Å². The smallest absolute Gasteiger partial charge is 0.320 e. The molecule has 0 saturated heterocycles. The van der Waals surface area contributed by atoms with Gasteiger partial charge in [0.05, 0.1) is 41.8 Å². The SMILES string of the molecule is C=C1Nc2c(Cl)cc3cc(CN(C)CC(=O)OCC)oc3c2C2(CCCCC2)N1. The van der Waals surface area contributed by atoms with Crippen molar-refractivity contribution < 1.29 is 13.9 Å². The number of benzene rings is 1. The van der Waals surface area contributed by atoms with Crippen molar-refractivity contribution in [2.24, 2.45) is 0 Å². The van der Waals surface area contributed by atoms with Crippen LogP contribution in [0.25, 0.3) is 11.0 Å². The largest absolute Gasteiger partial charge is 0.465 e. The summed E-state index contributed by atoms with van der Waals surface area (Å²) >= 11 is 6.66. The van der Waals surface area contributed by atoms with Crippen LogP contribution < -0.4 is 10.6 Å². The summed E-state index contributed by atoms with van der Waals surface area (Å²) in [7, 11) is 1.88. The highest BCUT2D eigenvalue weighted by molar-refractivity contribution is 6.34. The van der Waals surface area contributed by atoms with Crippen molar-refractivity contribution in [2.45, 2.75) is 51.1 Å². The highest BCUT2D eigenvalue weighted by Crippen LogP contribution is 2.49. The van der Waals surface area contributed by atoms with Crippen LogP contribution in [0.1, 0.15) is 50.4 Å². The fourth-order valence-corrected chi connectivity index (χ4v) is 4.93. The number of hydrogen-bond acceptors (Lipinski definition) is 6. The van der Waals surface area contributed by atoms with E-state index in [1.165, 1.54) is 6.42 Å². The number of likely N-dealkylation sites (N-methyl/N-ethyl adjacent to an activating group) is 1. The van der Waals surface area contributed by atoms with Crippen LogP contribution in [-0.2, 0) is 21.6 Å². The van der Waals surface area contributed by atoms with Gasteiger partial charge in [-0.15, -0.1) is 0 Å².